The first kappa shape index (κ1) is 22.7. The summed E-state index contributed by atoms with van der Waals surface area (Å²) in [6, 6.07) is 22.0. The van der Waals surface area contributed by atoms with Gasteiger partial charge in [-0.2, -0.15) is 0 Å². The molecule has 1 unspecified atom stereocenters. The summed E-state index contributed by atoms with van der Waals surface area (Å²) < 4.78 is 0. The maximum atomic E-state index is 13.9. The third-order valence-electron chi connectivity index (χ3n) is 6.11. The zero-order valence-electron chi connectivity index (χ0n) is 19.3. The summed E-state index contributed by atoms with van der Waals surface area (Å²) in [5.74, 6) is -1.49. The standard InChI is InChI=1S/C28H23N3O3S/c1-17-10-6-7-14-21(17)23-22(25(33)28(34)31(23)16-20-13-8-9-15-29-20)24(32)26-18(2)30-27(35-26)19-11-4-3-5-12-19/h3-15,23,33H,16H2,1-2H3. The summed E-state index contributed by atoms with van der Waals surface area (Å²) in [5.41, 5.74) is 3.93. The number of pyridine rings is 1. The van der Waals surface area contributed by atoms with Crippen LogP contribution in [-0.2, 0) is 11.3 Å². The van der Waals surface area contributed by atoms with Crippen molar-refractivity contribution in [3.8, 4) is 10.6 Å². The van der Waals surface area contributed by atoms with Gasteiger partial charge in [0.05, 0.1) is 34.4 Å². The van der Waals surface area contributed by atoms with Crippen LogP contribution in [0.15, 0.2) is 90.3 Å². The Hall–Kier alpha value is -4.10. The van der Waals surface area contributed by atoms with Gasteiger partial charge in [0, 0.05) is 11.8 Å². The maximum Gasteiger partial charge on any atom is 0.290 e. The summed E-state index contributed by atoms with van der Waals surface area (Å²) in [6.45, 7) is 3.87. The molecule has 2 aromatic carbocycles. The van der Waals surface area contributed by atoms with Crippen LogP contribution < -0.4 is 0 Å². The van der Waals surface area contributed by atoms with E-state index in [4.69, 9.17) is 0 Å². The Morgan fingerprint density at radius 3 is 2.43 bits per heavy atom. The molecule has 0 radical (unpaired) electrons. The molecule has 0 saturated heterocycles. The number of benzene rings is 2. The Kier molecular flexibility index (Phi) is 6.01. The molecule has 7 heteroatoms. The third-order valence-corrected chi connectivity index (χ3v) is 7.32. The molecule has 1 atom stereocenters. The van der Waals surface area contributed by atoms with Crippen LogP contribution in [0, 0.1) is 13.8 Å². The number of thiazole rings is 1. The van der Waals surface area contributed by atoms with E-state index in [1.165, 1.54) is 16.2 Å². The molecule has 2 aromatic heterocycles. The van der Waals surface area contributed by atoms with Crippen molar-refractivity contribution in [3.63, 3.8) is 0 Å². The number of aliphatic hydroxyl groups is 1. The molecule has 174 valence electrons. The van der Waals surface area contributed by atoms with Gasteiger partial charge < -0.3 is 10.0 Å². The lowest BCUT2D eigenvalue weighted by Crippen LogP contribution is -2.31. The number of Topliss-reactive ketones (excluding diaryl/α,β-unsaturated/α-hetero) is 1. The number of aliphatic hydroxyl groups excluding tert-OH is 1. The van der Waals surface area contributed by atoms with Gasteiger partial charge in [0.1, 0.15) is 5.01 Å². The largest absolute Gasteiger partial charge is 0.503 e. The van der Waals surface area contributed by atoms with Crippen LogP contribution in [0.3, 0.4) is 0 Å². The maximum absolute atomic E-state index is 13.9. The zero-order chi connectivity index (χ0) is 24.5. The first-order valence-corrected chi connectivity index (χ1v) is 12.0. The number of carbonyl (C=O) groups is 2. The molecule has 0 aliphatic carbocycles. The van der Waals surface area contributed by atoms with E-state index in [0.717, 1.165) is 16.7 Å². The molecule has 1 aliphatic rings. The highest BCUT2D eigenvalue weighted by Gasteiger charge is 2.45. The van der Waals surface area contributed by atoms with Crippen molar-refractivity contribution in [2.45, 2.75) is 26.4 Å². The van der Waals surface area contributed by atoms with Crippen LogP contribution in [0.25, 0.3) is 10.6 Å². The zero-order valence-corrected chi connectivity index (χ0v) is 20.1. The molecule has 4 aromatic rings. The fraction of sp³-hybridized carbons (Fsp3) is 0.143. The predicted octanol–water partition coefficient (Wildman–Crippen LogP) is 5.60. The van der Waals surface area contributed by atoms with Crippen LogP contribution in [0.1, 0.15) is 38.2 Å². The fourth-order valence-electron chi connectivity index (χ4n) is 4.37. The summed E-state index contributed by atoms with van der Waals surface area (Å²) in [5, 5.41) is 11.7. The number of rotatable bonds is 6. The highest BCUT2D eigenvalue weighted by atomic mass is 32.1. The second-order valence-electron chi connectivity index (χ2n) is 8.40. The molecule has 5 rings (SSSR count). The van der Waals surface area contributed by atoms with Crippen molar-refractivity contribution in [1.29, 1.82) is 0 Å². The van der Waals surface area contributed by atoms with Crippen LogP contribution in [0.5, 0.6) is 0 Å². The van der Waals surface area contributed by atoms with Gasteiger partial charge in [0.15, 0.2) is 5.76 Å². The third kappa shape index (κ3) is 4.15. The number of hydrogen-bond acceptors (Lipinski definition) is 6. The van der Waals surface area contributed by atoms with Gasteiger partial charge in [-0.1, -0.05) is 60.7 Å². The topological polar surface area (TPSA) is 83.4 Å². The quantitative estimate of drug-likeness (QED) is 0.363. The van der Waals surface area contributed by atoms with Crippen molar-refractivity contribution in [2.24, 2.45) is 0 Å². The monoisotopic (exact) mass is 481 g/mol. The summed E-state index contributed by atoms with van der Waals surface area (Å²) >= 11 is 1.27. The minimum atomic E-state index is -0.736. The second kappa shape index (κ2) is 9.27. The van der Waals surface area contributed by atoms with E-state index < -0.39 is 17.7 Å². The van der Waals surface area contributed by atoms with Crippen LogP contribution >= 0.6 is 11.3 Å². The lowest BCUT2D eigenvalue weighted by molar-refractivity contribution is -0.130. The van der Waals surface area contributed by atoms with Crippen molar-refractivity contribution >= 4 is 23.0 Å². The summed E-state index contributed by atoms with van der Waals surface area (Å²) in [4.78, 5) is 38.1. The molecular formula is C28H23N3O3S. The first-order chi connectivity index (χ1) is 17.0. The molecule has 1 N–H and O–H groups in total. The SMILES string of the molecule is Cc1ccccc1C1C(C(=O)c2sc(-c3ccccc3)nc2C)=C(O)C(=O)N1Cc1ccccn1. The van der Waals surface area contributed by atoms with E-state index in [2.05, 4.69) is 9.97 Å². The van der Waals surface area contributed by atoms with Crippen LogP contribution in [-0.4, -0.2) is 31.7 Å². The highest BCUT2D eigenvalue weighted by Crippen LogP contribution is 2.42. The van der Waals surface area contributed by atoms with Crippen molar-refractivity contribution in [3.05, 3.63) is 118 Å². The second-order valence-corrected chi connectivity index (χ2v) is 9.40. The fourth-order valence-corrected chi connectivity index (χ4v) is 5.39. The molecule has 1 aliphatic heterocycles. The molecule has 0 bridgehead atoms. The molecule has 1 amide bonds. The Morgan fingerprint density at radius 1 is 1.00 bits per heavy atom. The molecule has 0 spiro atoms. The first-order valence-electron chi connectivity index (χ1n) is 11.2. The van der Waals surface area contributed by atoms with E-state index >= 15 is 0 Å². The number of hydrogen-bond donors (Lipinski definition) is 1. The predicted molar refractivity (Wildman–Crippen MR) is 135 cm³/mol. The molecule has 35 heavy (non-hydrogen) atoms. The molecular weight excluding hydrogens is 458 g/mol. The van der Waals surface area contributed by atoms with Gasteiger partial charge in [-0.15, -0.1) is 11.3 Å². The Balaban J connectivity index is 1.60. The van der Waals surface area contributed by atoms with Crippen molar-refractivity contribution in [1.82, 2.24) is 14.9 Å². The van der Waals surface area contributed by atoms with Gasteiger partial charge in [-0.25, -0.2) is 4.98 Å². The van der Waals surface area contributed by atoms with Crippen molar-refractivity contribution in [2.75, 3.05) is 0 Å². The Morgan fingerprint density at radius 2 is 1.71 bits per heavy atom. The van der Waals surface area contributed by atoms with Gasteiger partial charge in [-0.3, -0.25) is 14.6 Å². The molecule has 0 fully saturated rings. The van der Waals surface area contributed by atoms with E-state index in [0.29, 0.717) is 21.3 Å². The number of nitrogens with zero attached hydrogens (tertiary/aromatic N) is 3. The van der Waals surface area contributed by atoms with Gasteiger partial charge in [-0.05, 0) is 37.1 Å². The van der Waals surface area contributed by atoms with E-state index in [9.17, 15) is 14.7 Å². The smallest absolute Gasteiger partial charge is 0.290 e. The number of amides is 1. The summed E-state index contributed by atoms with van der Waals surface area (Å²) in [7, 11) is 0. The lowest BCUT2D eigenvalue weighted by atomic mass is 9.92. The minimum absolute atomic E-state index is 0.0755. The number of aromatic nitrogens is 2. The highest BCUT2D eigenvalue weighted by molar-refractivity contribution is 7.17. The van der Waals surface area contributed by atoms with Gasteiger partial charge >= 0.3 is 0 Å². The molecule has 6 nitrogen and oxygen atoms in total. The Bertz CT molecular complexity index is 1440. The normalized spacial score (nSPS) is 15.7. The molecule has 0 saturated carbocycles. The van der Waals surface area contributed by atoms with Crippen LogP contribution in [0.4, 0.5) is 0 Å². The average molecular weight is 482 g/mol. The lowest BCUT2D eigenvalue weighted by Gasteiger charge is -2.27. The van der Waals surface area contributed by atoms with Crippen molar-refractivity contribution < 1.29 is 14.7 Å². The van der Waals surface area contributed by atoms with Gasteiger partial charge in [0.25, 0.3) is 5.91 Å². The Labute approximate surface area is 207 Å². The van der Waals surface area contributed by atoms with E-state index in [-0.39, 0.29) is 17.9 Å². The van der Waals surface area contributed by atoms with E-state index in [1.54, 1.807) is 19.2 Å². The van der Waals surface area contributed by atoms with Gasteiger partial charge in [0.2, 0.25) is 5.78 Å². The van der Waals surface area contributed by atoms with Crippen LogP contribution in [0.2, 0.25) is 0 Å². The minimum Gasteiger partial charge on any atom is -0.503 e. The molecule has 3 heterocycles. The van der Waals surface area contributed by atoms with E-state index in [1.807, 2.05) is 73.7 Å². The number of aryl methyl sites for hydroxylation is 2. The summed E-state index contributed by atoms with van der Waals surface area (Å²) in [6.07, 6.45) is 1.66. The average Bonchev–Trinajstić information content (AvgIpc) is 3.38. The number of ketones is 1. The number of carbonyl (C=O) groups excluding carboxylic acids is 2.